The lowest BCUT2D eigenvalue weighted by Gasteiger charge is -2.07. The van der Waals surface area contributed by atoms with Gasteiger partial charge in [-0.25, -0.2) is 0 Å². The summed E-state index contributed by atoms with van der Waals surface area (Å²) in [4.78, 5) is 2.44. The summed E-state index contributed by atoms with van der Waals surface area (Å²) in [5.41, 5.74) is 1.41. The van der Waals surface area contributed by atoms with Gasteiger partial charge in [-0.3, -0.25) is 0 Å². The Morgan fingerprint density at radius 1 is 1.14 bits per heavy atom. The van der Waals surface area contributed by atoms with E-state index >= 15 is 0 Å². The molecule has 0 spiro atoms. The summed E-state index contributed by atoms with van der Waals surface area (Å²) in [7, 11) is -3.65. The number of rotatable bonds is 5. The molecule has 2 aromatic rings. The number of halogens is 1. The first-order valence-electron chi connectivity index (χ1n) is 6.42. The minimum Gasteiger partial charge on any atom is -0.200 e. The standard InChI is InChI=1S/C15H15ClN2O2S/c1-2-15(12-7-6-8-13(16)11-12)17-18-21(19,20)14-9-4-3-5-10-14/h3-11,18H,2H2,1H3/b17-15+. The van der Waals surface area contributed by atoms with Crippen LogP contribution in [0.5, 0.6) is 0 Å². The molecule has 4 nitrogen and oxygen atoms in total. The van der Waals surface area contributed by atoms with E-state index in [1.54, 1.807) is 36.4 Å². The van der Waals surface area contributed by atoms with Gasteiger partial charge < -0.3 is 0 Å². The molecule has 0 amide bonds. The van der Waals surface area contributed by atoms with Crippen LogP contribution in [0, 0.1) is 0 Å². The minimum absolute atomic E-state index is 0.176. The van der Waals surface area contributed by atoms with Crippen LogP contribution in [0.4, 0.5) is 0 Å². The SMILES string of the molecule is CC/C(=N\NS(=O)(=O)c1ccccc1)c1cccc(Cl)c1. The van der Waals surface area contributed by atoms with Crippen molar-refractivity contribution in [3.63, 3.8) is 0 Å². The van der Waals surface area contributed by atoms with Crippen LogP contribution in [0.1, 0.15) is 18.9 Å². The van der Waals surface area contributed by atoms with Gasteiger partial charge in [0.2, 0.25) is 0 Å². The van der Waals surface area contributed by atoms with Crippen LogP contribution >= 0.6 is 11.6 Å². The highest BCUT2D eigenvalue weighted by Gasteiger charge is 2.12. The Hall–Kier alpha value is -1.85. The van der Waals surface area contributed by atoms with Gasteiger partial charge in [0.25, 0.3) is 10.0 Å². The summed E-state index contributed by atoms with van der Waals surface area (Å²) in [6.07, 6.45) is 0.581. The molecule has 2 aromatic carbocycles. The molecule has 0 aromatic heterocycles. The lowest BCUT2D eigenvalue weighted by Crippen LogP contribution is -2.20. The van der Waals surface area contributed by atoms with Crippen molar-refractivity contribution in [3.8, 4) is 0 Å². The van der Waals surface area contributed by atoms with E-state index in [2.05, 4.69) is 9.93 Å². The third kappa shape index (κ3) is 4.06. The monoisotopic (exact) mass is 322 g/mol. The first kappa shape index (κ1) is 15.5. The molecular formula is C15H15ClN2O2S. The molecule has 0 unspecified atom stereocenters. The number of nitrogens with one attached hydrogen (secondary N) is 1. The van der Waals surface area contributed by atoms with Crippen molar-refractivity contribution in [2.45, 2.75) is 18.2 Å². The highest BCUT2D eigenvalue weighted by molar-refractivity contribution is 7.89. The molecule has 0 aliphatic rings. The number of hydrogen-bond donors (Lipinski definition) is 1. The number of hydrogen-bond acceptors (Lipinski definition) is 3. The second-order valence-corrected chi connectivity index (χ2v) is 6.43. The molecule has 0 radical (unpaired) electrons. The summed E-state index contributed by atoms with van der Waals surface area (Å²) >= 11 is 5.94. The summed E-state index contributed by atoms with van der Waals surface area (Å²) in [6, 6.07) is 15.3. The highest BCUT2D eigenvalue weighted by atomic mass is 35.5. The fourth-order valence-electron chi connectivity index (χ4n) is 1.78. The van der Waals surface area contributed by atoms with Gasteiger partial charge in [-0.15, -0.1) is 0 Å². The lowest BCUT2D eigenvalue weighted by atomic mass is 10.1. The predicted octanol–water partition coefficient (Wildman–Crippen LogP) is 3.43. The molecule has 2 rings (SSSR count). The zero-order valence-corrected chi connectivity index (χ0v) is 13.0. The van der Waals surface area contributed by atoms with Crippen molar-refractivity contribution in [3.05, 3.63) is 65.2 Å². The molecule has 21 heavy (non-hydrogen) atoms. The van der Waals surface area contributed by atoms with Gasteiger partial charge in [0.1, 0.15) is 0 Å². The fraction of sp³-hybridized carbons (Fsp3) is 0.133. The Morgan fingerprint density at radius 3 is 2.48 bits per heavy atom. The van der Waals surface area contributed by atoms with Crippen LogP contribution in [0.25, 0.3) is 0 Å². The van der Waals surface area contributed by atoms with Crippen LogP contribution in [0.2, 0.25) is 5.02 Å². The molecule has 0 aliphatic heterocycles. The van der Waals surface area contributed by atoms with Gasteiger partial charge in [-0.1, -0.05) is 48.9 Å². The van der Waals surface area contributed by atoms with E-state index in [4.69, 9.17) is 11.6 Å². The molecule has 0 saturated heterocycles. The molecule has 0 bridgehead atoms. The third-order valence-corrected chi connectivity index (χ3v) is 4.31. The third-order valence-electron chi connectivity index (χ3n) is 2.85. The number of benzene rings is 2. The van der Waals surface area contributed by atoms with Gasteiger partial charge in [-0.2, -0.15) is 18.4 Å². The Morgan fingerprint density at radius 2 is 1.86 bits per heavy atom. The molecule has 0 heterocycles. The molecule has 0 fully saturated rings. The van der Waals surface area contributed by atoms with E-state index in [9.17, 15) is 8.42 Å². The second kappa shape index (κ2) is 6.74. The normalized spacial score (nSPS) is 12.2. The van der Waals surface area contributed by atoms with Crippen LogP contribution < -0.4 is 4.83 Å². The van der Waals surface area contributed by atoms with Gasteiger partial charge in [-0.05, 0) is 36.2 Å². The molecule has 110 valence electrons. The number of nitrogens with zero attached hydrogens (tertiary/aromatic N) is 1. The van der Waals surface area contributed by atoms with Gasteiger partial charge >= 0.3 is 0 Å². The van der Waals surface area contributed by atoms with Crippen molar-refractivity contribution in [2.24, 2.45) is 5.10 Å². The van der Waals surface area contributed by atoms with Gasteiger partial charge in [0, 0.05) is 5.02 Å². The van der Waals surface area contributed by atoms with Crippen LogP contribution in [-0.2, 0) is 10.0 Å². The molecular weight excluding hydrogens is 308 g/mol. The van der Waals surface area contributed by atoms with E-state index < -0.39 is 10.0 Å². The first-order valence-corrected chi connectivity index (χ1v) is 8.28. The molecule has 1 N–H and O–H groups in total. The largest absolute Gasteiger partial charge is 0.276 e. The van der Waals surface area contributed by atoms with Crippen molar-refractivity contribution in [1.82, 2.24) is 4.83 Å². The van der Waals surface area contributed by atoms with E-state index in [-0.39, 0.29) is 4.90 Å². The van der Waals surface area contributed by atoms with Gasteiger partial charge in [0.15, 0.2) is 0 Å². The Kier molecular flexibility index (Phi) is 4.98. The van der Waals surface area contributed by atoms with Crippen molar-refractivity contribution in [1.29, 1.82) is 0 Å². The summed E-state index contributed by atoms with van der Waals surface area (Å²) in [6.45, 7) is 1.90. The highest BCUT2D eigenvalue weighted by Crippen LogP contribution is 2.13. The van der Waals surface area contributed by atoms with Crippen molar-refractivity contribution in [2.75, 3.05) is 0 Å². The average Bonchev–Trinajstić information content (AvgIpc) is 2.49. The van der Waals surface area contributed by atoms with Gasteiger partial charge in [0.05, 0.1) is 10.6 Å². The van der Waals surface area contributed by atoms with Crippen LogP contribution in [0.15, 0.2) is 64.6 Å². The average molecular weight is 323 g/mol. The Balaban J connectivity index is 2.26. The maximum absolute atomic E-state index is 12.1. The van der Waals surface area contributed by atoms with E-state index in [1.165, 1.54) is 12.1 Å². The quantitative estimate of drug-likeness (QED) is 0.677. The zero-order chi connectivity index (χ0) is 15.3. The van der Waals surface area contributed by atoms with E-state index in [0.717, 1.165) is 5.56 Å². The second-order valence-electron chi connectivity index (χ2n) is 4.33. The van der Waals surface area contributed by atoms with Crippen molar-refractivity contribution >= 4 is 27.3 Å². The maximum atomic E-state index is 12.1. The maximum Gasteiger partial charge on any atom is 0.276 e. The molecule has 0 aliphatic carbocycles. The Labute approximate surface area is 129 Å². The molecule has 0 atom stereocenters. The smallest absolute Gasteiger partial charge is 0.200 e. The first-order chi connectivity index (χ1) is 10.0. The zero-order valence-electron chi connectivity index (χ0n) is 11.5. The topological polar surface area (TPSA) is 58.5 Å². The lowest BCUT2D eigenvalue weighted by molar-refractivity contribution is 0.584. The summed E-state index contributed by atoms with van der Waals surface area (Å²) in [5, 5.41) is 4.60. The fourth-order valence-corrected chi connectivity index (χ4v) is 2.82. The number of hydrazone groups is 1. The Bertz CT molecular complexity index is 743. The summed E-state index contributed by atoms with van der Waals surface area (Å²) in [5.74, 6) is 0. The molecule has 0 saturated carbocycles. The number of sulfonamides is 1. The minimum atomic E-state index is -3.65. The predicted molar refractivity (Wildman–Crippen MR) is 85.0 cm³/mol. The van der Waals surface area contributed by atoms with E-state index in [0.29, 0.717) is 17.2 Å². The van der Waals surface area contributed by atoms with Crippen LogP contribution in [0.3, 0.4) is 0 Å². The molecule has 6 heteroatoms. The van der Waals surface area contributed by atoms with Crippen LogP contribution in [-0.4, -0.2) is 14.1 Å². The summed E-state index contributed by atoms with van der Waals surface area (Å²) < 4.78 is 24.2. The van der Waals surface area contributed by atoms with Crippen molar-refractivity contribution < 1.29 is 8.42 Å². The van der Waals surface area contributed by atoms with E-state index in [1.807, 2.05) is 13.0 Å².